The Morgan fingerprint density at radius 3 is 2.92 bits per heavy atom. The summed E-state index contributed by atoms with van der Waals surface area (Å²) >= 11 is 0. The number of ether oxygens (including phenoxy) is 1. The molecule has 0 aliphatic carbocycles. The van der Waals surface area contributed by atoms with E-state index in [2.05, 4.69) is 21.7 Å². The van der Waals surface area contributed by atoms with E-state index in [1.807, 2.05) is 42.4 Å². The first-order valence-corrected chi connectivity index (χ1v) is 9.13. The molecule has 2 aromatic rings. The zero-order valence-electron chi connectivity index (χ0n) is 14.9. The minimum Gasteiger partial charge on any atom is -0.377 e. The highest BCUT2D eigenvalue weighted by Gasteiger charge is 2.24. The molecule has 1 aliphatic rings. The molecule has 0 saturated carbocycles. The molecule has 1 amide bonds. The second-order valence-corrected chi connectivity index (χ2v) is 6.66. The number of carbonyl (C=O) groups is 1. The molecule has 3 rings (SSSR count). The summed E-state index contributed by atoms with van der Waals surface area (Å²) in [5, 5.41) is 0. The number of aromatic nitrogens is 2. The van der Waals surface area contributed by atoms with Crippen LogP contribution in [-0.4, -0.2) is 40.1 Å². The zero-order valence-corrected chi connectivity index (χ0v) is 14.9. The summed E-state index contributed by atoms with van der Waals surface area (Å²) < 4.78 is 7.87. The second-order valence-electron chi connectivity index (χ2n) is 6.66. The number of carbonyl (C=O) groups excluding carboxylic acids is 1. The maximum Gasteiger partial charge on any atom is 0.222 e. The number of aryl methyl sites for hydroxylation is 1. The van der Waals surface area contributed by atoms with Gasteiger partial charge in [0.05, 0.1) is 12.6 Å². The Morgan fingerprint density at radius 2 is 2.16 bits per heavy atom. The van der Waals surface area contributed by atoms with Crippen LogP contribution in [0.3, 0.4) is 0 Å². The van der Waals surface area contributed by atoms with Gasteiger partial charge < -0.3 is 14.2 Å². The number of hydrogen-bond donors (Lipinski definition) is 0. The summed E-state index contributed by atoms with van der Waals surface area (Å²) in [6, 6.07) is 10.5. The fraction of sp³-hybridized carbons (Fsp3) is 0.500. The van der Waals surface area contributed by atoms with Crippen LogP contribution in [0.5, 0.6) is 0 Å². The van der Waals surface area contributed by atoms with E-state index in [-0.39, 0.29) is 5.91 Å². The lowest BCUT2D eigenvalue weighted by molar-refractivity contribution is -0.133. The van der Waals surface area contributed by atoms with Gasteiger partial charge in [0.2, 0.25) is 5.91 Å². The number of rotatable bonds is 7. The number of amides is 1. The zero-order chi connectivity index (χ0) is 17.5. The average Bonchev–Trinajstić information content (AvgIpc) is 3.08. The number of piperidine rings is 1. The van der Waals surface area contributed by atoms with Crippen molar-refractivity contribution in [1.29, 1.82) is 0 Å². The Balaban J connectivity index is 1.38. The fourth-order valence-corrected chi connectivity index (χ4v) is 3.43. The first-order chi connectivity index (χ1) is 12.2. The fourth-order valence-electron chi connectivity index (χ4n) is 3.43. The Kier molecular flexibility index (Phi) is 6.23. The van der Waals surface area contributed by atoms with Crippen LogP contribution >= 0.6 is 0 Å². The molecule has 0 spiro atoms. The van der Waals surface area contributed by atoms with Crippen molar-refractivity contribution in [3.63, 3.8) is 0 Å². The SMILES string of the molecule is Cc1nccn1C1CCCN(C(=O)CCCOCc2ccccc2)C1. The summed E-state index contributed by atoms with van der Waals surface area (Å²) in [7, 11) is 0. The third-order valence-electron chi connectivity index (χ3n) is 4.80. The number of benzene rings is 1. The maximum atomic E-state index is 12.5. The van der Waals surface area contributed by atoms with Crippen LogP contribution in [0.2, 0.25) is 0 Å². The molecule has 25 heavy (non-hydrogen) atoms. The summed E-state index contributed by atoms with van der Waals surface area (Å²) in [6.07, 6.45) is 7.35. The molecule has 0 N–H and O–H groups in total. The van der Waals surface area contributed by atoms with E-state index >= 15 is 0 Å². The molecule has 0 bridgehead atoms. The normalized spacial score (nSPS) is 17.6. The molecule has 2 heterocycles. The standard InChI is InChI=1S/C20H27N3O2/c1-17-21-11-13-23(17)19-9-5-12-22(15-19)20(24)10-6-14-25-16-18-7-3-2-4-8-18/h2-4,7-8,11,13,19H,5-6,9-10,12,14-16H2,1H3. The maximum absolute atomic E-state index is 12.5. The molecule has 1 saturated heterocycles. The molecule has 1 aromatic heterocycles. The Bertz CT molecular complexity index is 669. The van der Waals surface area contributed by atoms with Crippen LogP contribution in [0.25, 0.3) is 0 Å². The van der Waals surface area contributed by atoms with Gasteiger partial charge in [-0.05, 0) is 31.7 Å². The van der Waals surface area contributed by atoms with Crippen molar-refractivity contribution in [3.05, 3.63) is 54.1 Å². The van der Waals surface area contributed by atoms with E-state index in [9.17, 15) is 4.79 Å². The molecule has 1 unspecified atom stereocenters. The Labute approximate surface area is 149 Å². The van der Waals surface area contributed by atoms with Gasteiger partial charge in [-0.15, -0.1) is 0 Å². The minimum atomic E-state index is 0.241. The molecule has 5 heteroatoms. The van der Waals surface area contributed by atoms with Crippen LogP contribution in [0.4, 0.5) is 0 Å². The lowest BCUT2D eigenvalue weighted by atomic mass is 10.0. The van der Waals surface area contributed by atoms with Crippen molar-refractivity contribution in [3.8, 4) is 0 Å². The van der Waals surface area contributed by atoms with Crippen molar-refractivity contribution < 1.29 is 9.53 Å². The Hall–Kier alpha value is -2.14. The minimum absolute atomic E-state index is 0.241. The second kappa shape index (κ2) is 8.81. The summed E-state index contributed by atoms with van der Waals surface area (Å²) in [6.45, 7) is 4.92. The van der Waals surface area contributed by atoms with E-state index < -0.39 is 0 Å². The number of likely N-dealkylation sites (tertiary alicyclic amines) is 1. The molecular weight excluding hydrogens is 314 g/mol. The van der Waals surface area contributed by atoms with Crippen LogP contribution in [0.1, 0.15) is 43.1 Å². The van der Waals surface area contributed by atoms with Crippen molar-refractivity contribution in [2.45, 2.75) is 45.3 Å². The van der Waals surface area contributed by atoms with Crippen LogP contribution in [0, 0.1) is 6.92 Å². The molecule has 1 aromatic carbocycles. The van der Waals surface area contributed by atoms with Gasteiger partial charge in [-0.25, -0.2) is 4.98 Å². The van der Waals surface area contributed by atoms with Gasteiger partial charge in [0.15, 0.2) is 0 Å². The highest BCUT2D eigenvalue weighted by Crippen LogP contribution is 2.23. The summed E-state index contributed by atoms with van der Waals surface area (Å²) in [5.74, 6) is 1.26. The van der Waals surface area contributed by atoms with Gasteiger partial charge in [0.1, 0.15) is 5.82 Å². The molecule has 1 fully saturated rings. The predicted octanol–water partition coefficient (Wildman–Crippen LogP) is 3.35. The van der Waals surface area contributed by atoms with Gasteiger partial charge in [-0.1, -0.05) is 30.3 Å². The van der Waals surface area contributed by atoms with E-state index in [4.69, 9.17) is 4.74 Å². The first kappa shape index (κ1) is 17.7. The van der Waals surface area contributed by atoms with Crippen LogP contribution < -0.4 is 0 Å². The van der Waals surface area contributed by atoms with Crippen LogP contribution in [0.15, 0.2) is 42.7 Å². The van der Waals surface area contributed by atoms with Gasteiger partial charge in [-0.2, -0.15) is 0 Å². The quantitative estimate of drug-likeness (QED) is 0.726. The third kappa shape index (κ3) is 4.92. The van der Waals surface area contributed by atoms with E-state index in [1.165, 1.54) is 5.56 Å². The summed E-state index contributed by atoms with van der Waals surface area (Å²) in [5.41, 5.74) is 1.17. The molecule has 0 radical (unpaired) electrons. The largest absolute Gasteiger partial charge is 0.377 e. The van der Waals surface area contributed by atoms with Crippen molar-refractivity contribution in [1.82, 2.24) is 14.5 Å². The van der Waals surface area contributed by atoms with Crippen molar-refractivity contribution in [2.75, 3.05) is 19.7 Å². The van der Waals surface area contributed by atoms with Gasteiger partial charge in [0.25, 0.3) is 0 Å². The van der Waals surface area contributed by atoms with Crippen molar-refractivity contribution in [2.24, 2.45) is 0 Å². The number of imidazole rings is 1. The smallest absolute Gasteiger partial charge is 0.222 e. The monoisotopic (exact) mass is 341 g/mol. The van der Waals surface area contributed by atoms with Gasteiger partial charge >= 0.3 is 0 Å². The topological polar surface area (TPSA) is 47.4 Å². The predicted molar refractivity (Wildman–Crippen MR) is 97.1 cm³/mol. The van der Waals surface area contributed by atoms with E-state index in [1.54, 1.807) is 0 Å². The number of hydrogen-bond acceptors (Lipinski definition) is 3. The summed E-state index contributed by atoms with van der Waals surface area (Å²) in [4.78, 5) is 18.8. The lowest BCUT2D eigenvalue weighted by Gasteiger charge is -2.34. The Morgan fingerprint density at radius 1 is 1.32 bits per heavy atom. The average molecular weight is 341 g/mol. The van der Waals surface area contributed by atoms with E-state index in [0.29, 0.717) is 25.7 Å². The molecule has 1 aliphatic heterocycles. The first-order valence-electron chi connectivity index (χ1n) is 9.13. The third-order valence-corrected chi connectivity index (χ3v) is 4.80. The molecule has 1 atom stereocenters. The van der Waals surface area contributed by atoms with Gasteiger partial charge in [0, 0.05) is 38.5 Å². The highest BCUT2D eigenvalue weighted by molar-refractivity contribution is 5.76. The van der Waals surface area contributed by atoms with Crippen molar-refractivity contribution >= 4 is 5.91 Å². The number of nitrogens with zero attached hydrogens (tertiary/aromatic N) is 3. The molecule has 134 valence electrons. The highest BCUT2D eigenvalue weighted by atomic mass is 16.5. The molecular formula is C20H27N3O2. The van der Waals surface area contributed by atoms with Gasteiger partial charge in [-0.3, -0.25) is 4.79 Å². The molecule has 5 nitrogen and oxygen atoms in total. The lowest BCUT2D eigenvalue weighted by Crippen LogP contribution is -2.40. The van der Waals surface area contributed by atoms with E-state index in [0.717, 1.165) is 38.2 Å². The van der Waals surface area contributed by atoms with Crippen LogP contribution in [-0.2, 0) is 16.1 Å².